The summed E-state index contributed by atoms with van der Waals surface area (Å²) in [5.41, 5.74) is 3.43. The van der Waals surface area contributed by atoms with Gasteiger partial charge in [0.15, 0.2) is 0 Å². The fraction of sp³-hybridized carbons (Fsp3) is 0.536. The highest BCUT2D eigenvalue weighted by atomic mass is 19.4. The summed E-state index contributed by atoms with van der Waals surface area (Å²) in [7, 11) is 0. The van der Waals surface area contributed by atoms with E-state index in [0.29, 0.717) is 18.9 Å². The molecule has 2 aromatic carbocycles. The Hall–Kier alpha value is -2.32. The molecule has 3 rings (SSSR count). The van der Waals surface area contributed by atoms with Gasteiger partial charge in [-0.15, -0.1) is 0 Å². The predicted octanol–water partition coefficient (Wildman–Crippen LogP) is 7.55. The second-order valence-electron chi connectivity index (χ2n) is 9.12. The quantitative estimate of drug-likeness (QED) is 0.388. The summed E-state index contributed by atoms with van der Waals surface area (Å²) in [4.78, 5) is 2.51. The zero-order valence-corrected chi connectivity index (χ0v) is 20.1. The average Bonchev–Trinajstić information content (AvgIpc) is 3.28. The maximum Gasteiger partial charge on any atom is 0.392 e. The molecule has 1 fully saturated rings. The normalized spacial score (nSPS) is 18.2. The topological polar surface area (TPSA) is 27.0 Å². The van der Waals surface area contributed by atoms with Crippen LogP contribution in [-0.4, -0.2) is 30.2 Å². The molecule has 2 atom stereocenters. The molecule has 0 radical (unpaired) electrons. The fourth-order valence-electron chi connectivity index (χ4n) is 4.71. The number of rotatable bonds is 9. The van der Waals surface area contributed by atoms with Crippen molar-refractivity contribution in [3.05, 3.63) is 71.3 Å². The van der Waals surface area contributed by atoms with E-state index in [-0.39, 0.29) is 12.3 Å². The molecule has 33 heavy (non-hydrogen) atoms. The SMILES string of the molecule is CC#N.CC(C)N(CCCc1ccc(C2CCCC2C(F)(F)F)cc1)CCc1ccccc1. The lowest BCUT2D eigenvalue weighted by molar-refractivity contribution is -0.176. The van der Waals surface area contributed by atoms with Crippen LogP contribution in [0.25, 0.3) is 0 Å². The summed E-state index contributed by atoms with van der Waals surface area (Å²) in [6.45, 7) is 7.98. The van der Waals surface area contributed by atoms with E-state index in [4.69, 9.17) is 5.26 Å². The van der Waals surface area contributed by atoms with Gasteiger partial charge in [-0.1, -0.05) is 61.0 Å². The summed E-state index contributed by atoms with van der Waals surface area (Å²) < 4.78 is 39.7. The average molecular weight is 459 g/mol. The smallest absolute Gasteiger partial charge is 0.301 e. The van der Waals surface area contributed by atoms with Gasteiger partial charge in [-0.3, -0.25) is 0 Å². The Morgan fingerprint density at radius 1 is 0.939 bits per heavy atom. The molecule has 1 aliphatic carbocycles. The maximum absolute atomic E-state index is 13.2. The summed E-state index contributed by atoms with van der Waals surface area (Å²) >= 11 is 0. The standard InChI is InChI=1S/C26H34F3N.C2H3N/c1-20(2)30(19-17-21-8-4-3-5-9-21)18-7-10-22-13-15-23(16-14-22)24-11-6-12-25(24)26(27,28)29;1-2-3/h3-5,8-9,13-16,20,24-25H,6-7,10-12,17-19H2,1-2H3;1H3. The Kier molecular flexibility index (Phi) is 10.9. The minimum absolute atomic E-state index is 0.268. The van der Waals surface area contributed by atoms with E-state index in [1.807, 2.05) is 30.3 Å². The summed E-state index contributed by atoms with van der Waals surface area (Å²) in [5, 5.41) is 7.32. The van der Waals surface area contributed by atoms with Crippen LogP contribution in [0.4, 0.5) is 13.2 Å². The molecule has 0 aliphatic heterocycles. The molecular weight excluding hydrogens is 421 g/mol. The lowest BCUT2D eigenvalue weighted by atomic mass is 9.88. The fourth-order valence-corrected chi connectivity index (χ4v) is 4.71. The van der Waals surface area contributed by atoms with Gasteiger partial charge in [0, 0.05) is 19.5 Å². The summed E-state index contributed by atoms with van der Waals surface area (Å²) in [6.07, 6.45) is 0.571. The molecule has 0 bridgehead atoms. The van der Waals surface area contributed by atoms with Crippen LogP contribution >= 0.6 is 0 Å². The maximum atomic E-state index is 13.2. The van der Waals surface area contributed by atoms with Gasteiger partial charge in [0.25, 0.3) is 0 Å². The zero-order chi connectivity index (χ0) is 24.3. The van der Waals surface area contributed by atoms with Gasteiger partial charge in [-0.05, 0) is 75.1 Å². The van der Waals surface area contributed by atoms with Gasteiger partial charge >= 0.3 is 6.18 Å². The Morgan fingerprint density at radius 3 is 2.12 bits per heavy atom. The second-order valence-corrected chi connectivity index (χ2v) is 9.12. The Bertz CT molecular complexity index is 838. The van der Waals surface area contributed by atoms with Gasteiger partial charge < -0.3 is 4.90 Å². The highest BCUT2D eigenvalue weighted by Gasteiger charge is 2.47. The molecule has 0 heterocycles. The molecule has 0 N–H and O–H groups in total. The van der Waals surface area contributed by atoms with E-state index in [9.17, 15) is 13.2 Å². The number of alkyl halides is 3. The van der Waals surface area contributed by atoms with Crippen molar-refractivity contribution in [2.45, 2.75) is 77.4 Å². The molecule has 1 saturated carbocycles. The van der Waals surface area contributed by atoms with Crippen LogP contribution in [0, 0.1) is 17.2 Å². The molecule has 180 valence electrons. The van der Waals surface area contributed by atoms with Crippen molar-refractivity contribution in [1.82, 2.24) is 4.90 Å². The number of hydrogen-bond acceptors (Lipinski definition) is 2. The van der Waals surface area contributed by atoms with Gasteiger partial charge in [-0.25, -0.2) is 0 Å². The molecular formula is C28H37F3N2. The van der Waals surface area contributed by atoms with E-state index in [2.05, 4.69) is 43.0 Å². The van der Waals surface area contributed by atoms with Crippen molar-refractivity contribution in [1.29, 1.82) is 5.26 Å². The first-order valence-corrected chi connectivity index (χ1v) is 12.0. The zero-order valence-electron chi connectivity index (χ0n) is 20.1. The van der Waals surface area contributed by atoms with Crippen molar-refractivity contribution < 1.29 is 13.2 Å². The Balaban J connectivity index is 0.00000122. The molecule has 0 spiro atoms. The van der Waals surface area contributed by atoms with Crippen LogP contribution in [0.1, 0.15) is 69.1 Å². The largest absolute Gasteiger partial charge is 0.392 e. The first-order valence-electron chi connectivity index (χ1n) is 12.0. The van der Waals surface area contributed by atoms with Gasteiger partial charge in [0.05, 0.1) is 12.0 Å². The predicted molar refractivity (Wildman–Crippen MR) is 129 cm³/mol. The van der Waals surface area contributed by atoms with E-state index in [1.165, 1.54) is 18.1 Å². The Labute approximate surface area is 197 Å². The number of benzene rings is 2. The van der Waals surface area contributed by atoms with Crippen LogP contribution in [0.3, 0.4) is 0 Å². The van der Waals surface area contributed by atoms with Crippen LogP contribution in [0.5, 0.6) is 0 Å². The molecule has 0 amide bonds. The number of halogens is 3. The van der Waals surface area contributed by atoms with Crippen molar-refractivity contribution in [2.75, 3.05) is 13.1 Å². The number of nitriles is 1. The molecule has 2 nitrogen and oxygen atoms in total. The lowest BCUT2D eigenvalue weighted by Crippen LogP contribution is -2.34. The summed E-state index contributed by atoms with van der Waals surface area (Å²) in [6, 6.07) is 20.7. The van der Waals surface area contributed by atoms with E-state index in [0.717, 1.165) is 37.9 Å². The van der Waals surface area contributed by atoms with Crippen LogP contribution < -0.4 is 0 Å². The van der Waals surface area contributed by atoms with Crippen molar-refractivity contribution in [3.8, 4) is 6.07 Å². The van der Waals surface area contributed by atoms with E-state index >= 15 is 0 Å². The minimum atomic E-state index is -4.08. The third kappa shape index (κ3) is 8.85. The van der Waals surface area contributed by atoms with Gasteiger partial charge in [0.2, 0.25) is 0 Å². The molecule has 2 unspecified atom stereocenters. The second kappa shape index (κ2) is 13.4. The third-order valence-corrected chi connectivity index (χ3v) is 6.52. The number of nitrogens with zero attached hydrogens (tertiary/aromatic N) is 2. The molecule has 5 heteroatoms. The first-order chi connectivity index (χ1) is 15.8. The Morgan fingerprint density at radius 2 is 1.55 bits per heavy atom. The van der Waals surface area contributed by atoms with Crippen LogP contribution in [-0.2, 0) is 12.8 Å². The highest BCUT2D eigenvalue weighted by molar-refractivity contribution is 5.27. The van der Waals surface area contributed by atoms with E-state index < -0.39 is 12.1 Å². The number of aryl methyl sites for hydroxylation is 1. The van der Waals surface area contributed by atoms with Crippen LogP contribution in [0.2, 0.25) is 0 Å². The molecule has 0 saturated heterocycles. The molecule has 0 aromatic heterocycles. The summed E-state index contributed by atoms with van der Waals surface area (Å²) in [5.74, 6) is -1.54. The van der Waals surface area contributed by atoms with Crippen molar-refractivity contribution in [3.63, 3.8) is 0 Å². The van der Waals surface area contributed by atoms with Crippen LogP contribution in [0.15, 0.2) is 54.6 Å². The molecule has 2 aromatic rings. The molecule has 1 aliphatic rings. The van der Waals surface area contributed by atoms with Crippen molar-refractivity contribution in [2.24, 2.45) is 5.92 Å². The van der Waals surface area contributed by atoms with Gasteiger partial charge in [0.1, 0.15) is 0 Å². The minimum Gasteiger partial charge on any atom is -0.301 e. The number of hydrogen-bond donors (Lipinski definition) is 0. The van der Waals surface area contributed by atoms with E-state index in [1.54, 1.807) is 6.07 Å². The van der Waals surface area contributed by atoms with Gasteiger partial charge in [-0.2, -0.15) is 18.4 Å². The van der Waals surface area contributed by atoms with Crippen molar-refractivity contribution >= 4 is 0 Å². The monoisotopic (exact) mass is 458 g/mol. The highest BCUT2D eigenvalue weighted by Crippen LogP contribution is 2.48. The lowest BCUT2D eigenvalue weighted by Gasteiger charge is -2.26. The third-order valence-electron chi connectivity index (χ3n) is 6.52. The first kappa shape index (κ1) is 26.9.